The highest BCUT2D eigenvalue weighted by molar-refractivity contribution is 6.30. The monoisotopic (exact) mass is 384 g/mol. The van der Waals surface area contributed by atoms with Crippen LogP contribution < -0.4 is 15.7 Å². The van der Waals surface area contributed by atoms with E-state index in [9.17, 15) is 9.59 Å². The molecule has 0 aliphatic rings. The van der Waals surface area contributed by atoms with Crippen LogP contribution in [0.3, 0.4) is 0 Å². The Morgan fingerprint density at radius 3 is 2.78 bits per heavy atom. The second kappa shape index (κ2) is 8.37. The first-order valence-electron chi connectivity index (χ1n) is 8.12. The zero-order valence-corrected chi connectivity index (χ0v) is 15.2. The van der Waals surface area contributed by atoms with E-state index in [2.05, 4.69) is 15.6 Å². The number of nitrogens with zero attached hydrogens (tertiary/aromatic N) is 2. The molecular weight excluding hydrogens is 368 g/mol. The fraction of sp³-hybridized carbons (Fsp3) is 0.105. The number of para-hydroxylation sites is 1. The summed E-state index contributed by atoms with van der Waals surface area (Å²) in [6, 6.07) is 15.9. The van der Waals surface area contributed by atoms with Gasteiger partial charge < -0.3 is 4.74 Å². The topological polar surface area (TPSA) is 88.5 Å². The molecule has 7 nitrogen and oxygen atoms in total. The van der Waals surface area contributed by atoms with E-state index in [1.165, 1.54) is 10.9 Å². The van der Waals surface area contributed by atoms with Crippen molar-refractivity contribution in [3.63, 3.8) is 0 Å². The summed E-state index contributed by atoms with van der Waals surface area (Å²) < 4.78 is 6.74. The first kappa shape index (κ1) is 18.5. The van der Waals surface area contributed by atoms with Crippen molar-refractivity contribution in [2.45, 2.75) is 6.92 Å². The van der Waals surface area contributed by atoms with E-state index in [1.807, 2.05) is 30.3 Å². The maximum atomic E-state index is 12.5. The summed E-state index contributed by atoms with van der Waals surface area (Å²) in [5.74, 6) is 0.0247. The van der Waals surface area contributed by atoms with Crippen LogP contribution in [-0.2, 0) is 4.79 Å². The summed E-state index contributed by atoms with van der Waals surface area (Å²) in [6.45, 7) is 1.53. The largest absolute Gasteiger partial charge is 0.484 e. The third kappa shape index (κ3) is 4.65. The molecule has 0 spiro atoms. The van der Waals surface area contributed by atoms with Gasteiger partial charge in [-0.25, -0.2) is 10.1 Å². The Labute approximate surface area is 160 Å². The summed E-state index contributed by atoms with van der Waals surface area (Å²) in [4.78, 5) is 24.3. The molecule has 0 aliphatic carbocycles. The number of H-pyrrole nitrogens is 1. The molecule has 3 rings (SSSR count). The maximum absolute atomic E-state index is 12.5. The first-order valence-corrected chi connectivity index (χ1v) is 8.49. The van der Waals surface area contributed by atoms with Crippen LogP contribution in [0.1, 0.15) is 11.3 Å². The van der Waals surface area contributed by atoms with Gasteiger partial charge >= 0.3 is 0 Å². The van der Waals surface area contributed by atoms with Crippen LogP contribution >= 0.6 is 11.6 Å². The Bertz CT molecular complexity index is 1020. The van der Waals surface area contributed by atoms with E-state index in [1.54, 1.807) is 31.2 Å². The number of aromatic nitrogens is 2. The highest BCUT2D eigenvalue weighted by Gasteiger charge is 2.10. The maximum Gasteiger partial charge on any atom is 0.280 e. The Morgan fingerprint density at radius 2 is 2.04 bits per heavy atom. The van der Waals surface area contributed by atoms with Crippen molar-refractivity contribution in [2.75, 3.05) is 6.61 Å². The summed E-state index contributed by atoms with van der Waals surface area (Å²) in [6.07, 6.45) is 1.31. The molecule has 1 aromatic heterocycles. The molecular formula is C19H17ClN4O3. The molecule has 0 aliphatic heterocycles. The van der Waals surface area contributed by atoms with Crippen molar-refractivity contribution in [1.82, 2.24) is 15.2 Å². The Balaban J connectivity index is 1.62. The van der Waals surface area contributed by atoms with Crippen molar-refractivity contribution in [3.8, 4) is 11.4 Å². The van der Waals surface area contributed by atoms with Gasteiger partial charge in [0.05, 0.1) is 17.5 Å². The molecule has 2 aromatic carbocycles. The molecule has 0 saturated heterocycles. The van der Waals surface area contributed by atoms with Crippen LogP contribution in [0.5, 0.6) is 5.75 Å². The standard InChI is InChI=1S/C19H17ClN4O3/c1-13-17(19(26)24(23-13)15-7-3-2-4-8-15)11-21-22-18(25)12-27-16-9-5-6-14(20)10-16/h2-11,23H,12H2,1H3,(H,22,25)/b21-11+. The average Bonchev–Trinajstić information content (AvgIpc) is 2.95. The normalized spacial score (nSPS) is 10.9. The minimum atomic E-state index is -0.456. The molecule has 138 valence electrons. The summed E-state index contributed by atoms with van der Waals surface area (Å²) in [5, 5.41) is 7.34. The number of halogens is 1. The number of hydrazone groups is 1. The Hall–Kier alpha value is -3.32. The number of rotatable bonds is 6. The number of benzene rings is 2. The number of nitrogens with one attached hydrogen (secondary N) is 2. The quantitative estimate of drug-likeness (QED) is 0.506. The molecule has 0 fully saturated rings. The van der Waals surface area contributed by atoms with Gasteiger partial charge in [-0.05, 0) is 37.3 Å². The van der Waals surface area contributed by atoms with Gasteiger partial charge in [-0.3, -0.25) is 14.7 Å². The molecule has 27 heavy (non-hydrogen) atoms. The van der Waals surface area contributed by atoms with Gasteiger partial charge in [0.15, 0.2) is 6.61 Å². The number of ether oxygens (including phenoxy) is 1. The molecule has 2 N–H and O–H groups in total. The number of carbonyl (C=O) groups excluding carboxylic acids is 1. The van der Waals surface area contributed by atoms with Crippen molar-refractivity contribution in [3.05, 3.63) is 81.2 Å². The van der Waals surface area contributed by atoms with Crippen molar-refractivity contribution < 1.29 is 9.53 Å². The highest BCUT2D eigenvalue weighted by Crippen LogP contribution is 2.16. The van der Waals surface area contributed by atoms with Gasteiger partial charge in [-0.1, -0.05) is 35.9 Å². The van der Waals surface area contributed by atoms with Crippen molar-refractivity contribution >= 4 is 23.7 Å². The molecule has 0 bridgehead atoms. The first-order chi connectivity index (χ1) is 13.0. The van der Waals surface area contributed by atoms with Gasteiger partial charge in [0.2, 0.25) is 0 Å². The molecule has 1 heterocycles. The summed E-state index contributed by atoms with van der Waals surface area (Å²) in [7, 11) is 0. The van der Waals surface area contributed by atoms with E-state index in [0.717, 1.165) is 0 Å². The minimum Gasteiger partial charge on any atom is -0.484 e. The molecule has 0 atom stereocenters. The van der Waals surface area contributed by atoms with Crippen LogP contribution in [-0.4, -0.2) is 28.5 Å². The fourth-order valence-electron chi connectivity index (χ4n) is 2.38. The average molecular weight is 385 g/mol. The predicted molar refractivity (Wildman–Crippen MR) is 104 cm³/mol. The summed E-state index contributed by atoms with van der Waals surface area (Å²) in [5.41, 5.74) is 3.78. The lowest BCUT2D eigenvalue weighted by molar-refractivity contribution is -0.123. The van der Waals surface area contributed by atoms with E-state index in [4.69, 9.17) is 16.3 Å². The number of amides is 1. The van der Waals surface area contributed by atoms with Crippen molar-refractivity contribution in [2.24, 2.45) is 5.10 Å². The lowest BCUT2D eigenvalue weighted by atomic mass is 10.3. The van der Waals surface area contributed by atoms with Crippen molar-refractivity contribution in [1.29, 1.82) is 0 Å². The fourth-order valence-corrected chi connectivity index (χ4v) is 2.56. The lowest BCUT2D eigenvalue weighted by Crippen LogP contribution is -2.25. The third-order valence-electron chi connectivity index (χ3n) is 3.68. The van der Waals surface area contributed by atoms with E-state index in [-0.39, 0.29) is 12.2 Å². The number of aryl methyl sites for hydroxylation is 1. The Morgan fingerprint density at radius 1 is 1.26 bits per heavy atom. The zero-order chi connectivity index (χ0) is 19.2. The van der Waals surface area contributed by atoms with Crippen LogP contribution in [0, 0.1) is 6.92 Å². The summed E-state index contributed by atoms with van der Waals surface area (Å²) >= 11 is 5.85. The Kier molecular flexibility index (Phi) is 5.73. The van der Waals surface area contributed by atoms with Gasteiger partial charge in [-0.15, -0.1) is 0 Å². The lowest BCUT2D eigenvalue weighted by Gasteiger charge is -2.04. The van der Waals surface area contributed by atoms with E-state index < -0.39 is 5.91 Å². The molecule has 0 radical (unpaired) electrons. The van der Waals surface area contributed by atoms with Crippen LogP contribution in [0.4, 0.5) is 0 Å². The van der Waals surface area contributed by atoms with Crippen LogP contribution in [0.15, 0.2) is 64.5 Å². The number of hydrogen-bond acceptors (Lipinski definition) is 4. The van der Waals surface area contributed by atoms with E-state index >= 15 is 0 Å². The second-order valence-electron chi connectivity index (χ2n) is 5.67. The number of aromatic amines is 1. The highest BCUT2D eigenvalue weighted by atomic mass is 35.5. The molecule has 1 amide bonds. The SMILES string of the molecule is Cc1[nH]n(-c2ccccc2)c(=O)c1/C=N/NC(=O)COc1cccc(Cl)c1. The minimum absolute atomic E-state index is 0.224. The van der Waals surface area contributed by atoms with Crippen LogP contribution in [0.2, 0.25) is 5.02 Å². The van der Waals surface area contributed by atoms with Gasteiger partial charge in [0, 0.05) is 10.7 Å². The third-order valence-corrected chi connectivity index (χ3v) is 3.92. The van der Waals surface area contributed by atoms with Crippen LogP contribution in [0.25, 0.3) is 5.69 Å². The van der Waals surface area contributed by atoms with Gasteiger partial charge in [0.25, 0.3) is 11.5 Å². The van der Waals surface area contributed by atoms with Gasteiger partial charge in [0.1, 0.15) is 5.75 Å². The van der Waals surface area contributed by atoms with E-state index in [0.29, 0.717) is 27.7 Å². The molecule has 8 heteroatoms. The zero-order valence-electron chi connectivity index (χ0n) is 14.5. The molecule has 0 unspecified atom stereocenters. The molecule has 0 saturated carbocycles. The smallest absolute Gasteiger partial charge is 0.280 e. The van der Waals surface area contributed by atoms with Gasteiger partial charge in [-0.2, -0.15) is 5.10 Å². The number of carbonyl (C=O) groups is 1. The predicted octanol–water partition coefficient (Wildman–Crippen LogP) is 2.66. The second-order valence-corrected chi connectivity index (χ2v) is 6.10. The molecule has 3 aromatic rings. The number of hydrogen-bond donors (Lipinski definition) is 2.